The molecule has 0 saturated heterocycles. The molecule has 1 nitrogen and oxygen atoms in total. The summed E-state index contributed by atoms with van der Waals surface area (Å²) in [6, 6.07) is 91.3. The molecule has 0 aliphatic heterocycles. The van der Waals surface area contributed by atoms with Crippen molar-refractivity contribution in [1.29, 1.82) is 0 Å². The molecule has 1 heterocycles. The van der Waals surface area contributed by atoms with E-state index in [1.54, 1.807) is 0 Å². The van der Waals surface area contributed by atoms with Crippen LogP contribution < -0.4 is 0 Å². The van der Waals surface area contributed by atoms with E-state index in [0.29, 0.717) is 0 Å². The zero-order valence-corrected chi connectivity index (χ0v) is 39.5. The van der Waals surface area contributed by atoms with Crippen molar-refractivity contribution in [2.45, 2.75) is 0 Å². The van der Waals surface area contributed by atoms with Gasteiger partial charge in [0.2, 0.25) is 0 Å². The van der Waals surface area contributed by atoms with Gasteiger partial charge in [0.15, 0.2) is 0 Å². The van der Waals surface area contributed by atoms with Gasteiger partial charge in [0, 0.05) is 16.3 Å². The van der Waals surface area contributed by atoms with Crippen LogP contribution in [0.4, 0.5) is 0 Å². The number of rotatable bonds is 1. The van der Waals surface area contributed by atoms with Crippen LogP contribution in [0.25, 0.3) is 175 Å². The van der Waals surface area contributed by atoms with E-state index in [0.717, 1.165) is 33.1 Å². The van der Waals surface area contributed by atoms with Gasteiger partial charge in [-0.15, -0.1) is 0 Å². The maximum atomic E-state index is 6.95. The Balaban J connectivity index is 1.13. The summed E-state index contributed by atoms with van der Waals surface area (Å²) in [5.74, 6) is 0. The fraction of sp³-hybridized carbons (Fsp3) is 0. The van der Waals surface area contributed by atoms with Gasteiger partial charge < -0.3 is 4.42 Å². The van der Waals surface area contributed by atoms with Gasteiger partial charge in [-0.05, 0) is 189 Å². The maximum absolute atomic E-state index is 6.95. The number of fused-ring (bicyclic) bond motifs is 29. The summed E-state index contributed by atoms with van der Waals surface area (Å²) in [5.41, 5.74) is 13.7. The van der Waals surface area contributed by atoms with E-state index in [-0.39, 0.29) is 0 Å². The van der Waals surface area contributed by atoms with Crippen LogP contribution in [0.3, 0.4) is 0 Å². The first kappa shape index (κ1) is 39.2. The zero-order valence-electron chi connectivity index (χ0n) is 39.5. The largest absolute Gasteiger partial charge is 0.455 e. The van der Waals surface area contributed by atoms with E-state index in [2.05, 4.69) is 243 Å². The monoisotopic (exact) mass is 920 g/mol. The van der Waals surface area contributed by atoms with Crippen molar-refractivity contribution in [3.63, 3.8) is 0 Å². The van der Waals surface area contributed by atoms with Gasteiger partial charge in [0.25, 0.3) is 0 Å². The lowest BCUT2D eigenvalue weighted by Crippen LogP contribution is -2.01. The Morgan fingerprint density at radius 2 is 0.411 bits per heavy atom. The molecule has 0 fully saturated rings. The molecule has 1 aliphatic carbocycles. The topological polar surface area (TPSA) is 13.1 Å². The molecule has 0 amide bonds. The Bertz CT molecular complexity index is 5150. The number of benzene rings is 15. The van der Waals surface area contributed by atoms with E-state index < -0.39 is 0 Å². The standard InChI is InChI=1S/C72H40O/c1-7-23-47-41(17-1)42-18-2-8-24-48(42)59-36-65-64(35-58(47)59)55-31-15-30-54(57-33-16-32-56-53-29-13-14-34-70(53)73-72(56)57)71(55)69-40-63-52-28-12-6-22-46(52)45-21-5-11-27-51(45)62(63)39-68(69)67-38-61-50-26-10-4-20-44(50)43-19-3-9-25-49(43)60(61)37-66(65)67/h1-40H. The molecule has 15 aromatic carbocycles. The maximum Gasteiger partial charge on any atom is 0.143 e. The highest BCUT2D eigenvalue weighted by Gasteiger charge is 2.29. The highest BCUT2D eigenvalue weighted by Crippen LogP contribution is 2.56. The minimum atomic E-state index is 0.894. The van der Waals surface area contributed by atoms with E-state index in [1.165, 1.54) is 141 Å². The summed E-state index contributed by atoms with van der Waals surface area (Å²) in [6.07, 6.45) is 0. The first-order chi connectivity index (χ1) is 36.2. The van der Waals surface area contributed by atoms with Crippen molar-refractivity contribution in [1.82, 2.24) is 0 Å². The van der Waals surface area contributed by atoms with Gasteiger partial charge in [-0.25, -0.2) is 0 Å². The predicted molar refractivity (Wildman–Crippen MR) is 312 cm³/mol. The van der Waals surface area contributed by atoms with Crippen LogP contribution in [-0.2, 0) is 0 Å². The summed E-state index contributed by atoms with van der Waals surface area (Å²) in [4.78, 5) is 0. The average molecular weight is 921 g/mol. The lowest BCUT2D eigenvalue weighted by molar-refractivity contribution is 0.670. The third-order valence-corrected chi connectivity index (χ3v) is 16.5. The highest BCUT2D eigenvalue weighted by atomic mass is 16.3. The van der Waals surface area contributed by atoms with E-state index in [1.807, 2.05) is 0 Å². The third-order valence-electron chi connectivity index (χ3n) is 16.5. The van der Waals surface area contributed by atoms with Crippen LogP contribution in [0.15, 0.2) is 247 Å². The van der Waals surface area contributed by atoms with Gasteiger partial charge in [0.1, 0.15) is 11.2 Å². The van der Waals surface area contributed by atoms with Crippen molar-refractivity contribution in [2.24, 2.45) is 0 Å². The Morgan fingerprint density at radius 1 is 0.164 bits per heavy atom. The average Bonchev–Trinajstić information content (AvgIpc) is 3.86. The van der Waals surface area contributed by atoms with Crippen LogP contribution >= 0.6 is 0 Å². The smallest absolute Gasteiger partial charge is 0.143 e. The third kappa shape index (κ3) is 5.30. The minimum Gasteiger partial charge on any atom is -0.455 e. The molecule has 0 atom stereocenters. The molecular weight excluding hydrogens is 881 g/mol. The molecule has 0 radical (unpaired) electrons. The SMILES string of the molecule is c1cc2c(c(-c3cccc4c3oc3ccccc34)c1)-c1cc3c4ccccc4c4ccccc4c3cc1-c1cc3c4ccccc4c4ccccc4c3cc1-c1cc3c4ccccc4c4ccccc4c3cc1-2. The van der Waals surface area contributed by atoms with E-state index in [9.17, 15) is 0 Å². The molecule has 73 heavy (non-hydrogen) atoms. The molecule has 16 aromatic rings. The van der Waals surface area contributed by atoms with Gasteiger partial charge in [-0.3, -0.25) is 0 Å². The molecule has 1 aliphatic rings. The summed E-state index contributed by atoms with van der Waals surface area (Å²) in [5, 5.41) is 24.9. The molecule has 0 unspecified atom stereocenters. The molecule has 1 heteroatoms. The van der Waals surface area contributed by atoms with Crippen molar-refractivity contribution in [3.05, 3.63) is 243 Å². The number of hydrogen-bond donors (Lipinski definition) is 0. The molecule has 0 spiro atoms. The Kier molecular flexibility index (Phi) is 7.79. The Morgan fingerprint density at radius 3 is 0.795 bits per heavy atom. The van der Waals surface area contributed by atoms with Gasteiger partial charge in [0.05, 0.1) is 0 Å². The highest BCUT2D eigenvalue weighted by molar-refractivity contribution is 6.32. The molecule has 0 saturated carbocycles. The first-order valence-corrected chi connectivity index (χ1v) is 25.4. The van der Waals surface area contributed by atoms with Crippen molar-refractivity contribution >= 4 is 119 Å². The lowest BCUT2D eigenvalue weighted by atomic mass is 9.75. The molecule has 1 aromatic heterocycles. The Labute approximate surface area is 419 Å². The Hall–Kier alpha value is -9.56. The van der Waals surface area contributed by atoms with Crippen molar-refractivity contribution in [2.75, 3.05) is 0 Å². The number of hydrogen-bond acceptors (Lipinski definition) is 1. The molecular formula is C72H40O. The summed E-state index contributed by atoms with van der Waals surface area (Å²) < 4.78 is 6.95. The van der Waals surface area contributed by atoms with Gasteiger partial charge in [-0.2, -0.15) is 0 Å². The molecule has 0 bridgehead atoms. The number of furan rings is 1. The van der Waals surface area contributed by atoms with Gasteiger partial charge >= 0.3 is 0 Å². The number of para-hydroxylation sites is 2. The van der Waals surface area contributed by atoms with Crippen molar-refractivity contribution < 1.29 is 4.42 Å². The van der Waals surface area contributed by atoms with E-state index in [4.69, 9.17) is 4.42 Å². The van der Waals surface area contributed by atoms with Crippen LogP contribution in [0.2, 0.25) is 0 Å². The van der Waals surface area contributed by atoms with Gasteiger partial charge in [-0.1, -0.05) is 200 Å². The van der Waals surface area contributed by atoms with E-state index >= 15 is 0 Å². The van der Waals surface area contributed by atoms with Crippen LogP contribution in [-0.4, -0.2) is 0 Å². The second-order valence-electron chi connectivity index (χ2n) is 20.1. The van der Waals surface area contributed by atoms with Crippen LogP contribution in [0, 0.1) is 0 Å². The predicted octanol–water partition coefficient (Wildman–Crippen LogP) is 20.6. The summed E-state index contributed by atoms with van der Waals surface area (Å²) >= 11 is 0. The minimum absolute atomic E-state index is 0.894. The summed E-state index contributed by atoms with van der Waals surface area (Å²) in [6.45, 7) is 0. The summed E-state index contributed by atoms with van der Waals surface area (Å²) in [7, 11) is 0. The quantitative estimate of drug-likeness (QED) is 0.150. The second kappa shape index (κ2) is 14.5. The normalized spacial score (nSPS) is 12.4. The fourth-order valence-electron chi connectivity index (χ4n) is 13.4. The van der Waals surface area contributed by atoms with Crippen LogP contribution in [0.5, 0.6) is 0 Å². The first-order valence-electron chi connectivity index (χ1n) is 25.4. The lowest BCUT2D eigenvalue weighted by Gasteiger charge is -2.28. The molecule has 0 N–H and O–H groups in total. The molecule has 334 valence electrons. The second-order valence-corrected chi connectivity index (χ2v) is 20.1. The van der Waals surface area contributed by atoms with Crippen molar-refractivity contribution in [3.8, 4) is 55.6 Å². The van der Waals surface area contributed by atoms with Crippen LogP contribution in [0.1, 0.15) is 0 Å². The molecule has 17 rings (SSSR count). The fourth-order valence-corrected chi connectivity index (χ4v) is 13.4. The zero-order chi connectivity index (χ0) is 47.5.